The van der Waals surface area contributed by atoms with E-state index in [0.717, 1.165) is 11.3 Å². The Hall–Kier alpha value is -2.47. The summed E-state index contributed by atoms with van der Waals surface area (Å²) in [4.78, 5) is 11.5. The van der Waals surface area contributed by atoms with Crippen molar-refractivity contribution in [1.29, 1.82) is 0 Å². The van der Waals surface area contributed by atoms with Crippen LogP contribution in [-0.2, 0) is 11.2 Å². The second-order valence-electron chi connectivity index (χ2n) is 3.91. The van der Waals surface area contributed by atoms with Crippen molar-refractivity contribution in [3.63, 3.8) is 0 Å². The molecule has 0 atom stereocenters. The Bertz CT molecular complexity index is 547. The molecule has 0 aliphatic heterocycles. The number of nitrogens with one attached hydrogen (secondary N) is 1. The van der Waals surface area contributed by atoms with Crippen LogP contribution in [0.1, 0.15) is 5.56 Å². The van der Waals surface area contributed by atoms with Crippen molar-refractivity contribution in [2.45, 2.75) is 6.42 Å². The van der Waals surface area contributed by atoms with E-state index in [1.54, 1.807) is 0 Å². The topological polar surface area (TPSA) is 34.0 Å². The predicted molar refractivity (Wildman–Crippen MR) is 71.3 cm³/mol. The van der Waals surface area contributed by atoms with Gasteiger partial charge in [-0.15, -0.1) is 6.42 Å². The highest BCUT2D eigenvalue weighted by Crippen LogP contribution is 2.10. The summed E-state index contributed by atoms with van der Waals surface area (Å²) in [6.45, 7) is 0.278. The van der Waals surface area contributed by atoms with Gasteiger partial charge in [0.1, 0.15) is 0 Å². The van der Waals surface area contributed by atoms with Crippen molar-refractivity contribution >= 4 is 5.91 Å². The Kier molecular flexibility index (Phi) is 3.83. The van der Waals surface area contributed by atoms with Crippen molar-refractivity contribution in [3.05, 3.63) is 54.4 Å². The molecule has 0 aliphatic rings. The van der Waals surface area contributed by atoms with Crippen LogP contribution in [0.25, 0.3) is 5.69 Å². The first-order valence-corrected chi connectivity index (χ1v) is 5.72. The lowest BCUT2D eigenvalue weighted by Crippen LogP contribution is -2.25. The molecule has 1 N–H and O–H groups in total. The van der Waals surface area contributed by atoms with E-state index in [1.165, 1.54) is 0 Å². The number of carbonyl (C=O) groups is 1. The third kappa shape index (κ3) is 3.02. The molecule has 90 valence electrons. The molecule has 2 aromatic rings. The molecule has 0 aliphatic carbocycles. The largest absolute Gasteiger partial charge is 0.345 e. The van der Waals surface area contributed by atoms with Crippen LogP contribution in [0.15, 0.2) is 48.8 Å². The molecule has 3 nitrogen and oxygen atoms in total. The van der Waals surface area contributed by atoms with Crippen LogP contribution in [0, 0.1) is 12.3 Å². The summed E-state index contributed by atoms with van der Waals surface area (Å²) in [5.74, 6) is 2.32. The number of carbonyl (C=O) groups excluding carboxylic acids is 1. The number of aromatic nitrogens is 1. The van der Waals surface area contributed by atoms with Gasteiger partial charge in [0.2, 0.25) is 5.91 Å². The highest BCUT2D eigenvalue weighted by atomic mass is 16.1. The summed E-state index contributed by atoms with van der Waals surface area (Å²) < 4.78 is 2.02. The first-order chi connectivity index (χ1) is 8.79. The van der Waals surface area contributed by atoms with Gasteiger partial charge in [0, 0.05) is 18.1 Å². The molecule has 0 saturated heterocycles. The zero-order valence-corrected chi connectivity index (χ0v) is 9.97. The Morgan fingerprint density at radius 1 is 1.22 bits per heavy atom. The quantitative estimate of drug-likeness (QED) is 0.809. The van der Waals surface area contributed by atoms with E-state index in [4.69, 9.17) is 6.42 Å². The fourth-order valence-corrected chi connectivity index (χ4v) is 1.69. The van der Waals surface area contributed by atoms with Gasteiger partial charge in [0.25, 0.3) is 0 Å². The lowest BCUT2D eigenvalue weighted by atomic mass is 10.1. The van der Waals surface area contributed by atoms with Gasteiger partial charge in [-0.1, -0.05) is 18.1 Å². The fourth-order valence-electron chi connectivity index (χ4n) is 1.69. The maximum absolute atomic E-state index is 11.5. The van der Waals surface area contributed by atoms with Crippen LogP contribution in [0.2, 0.25) is 0 Å². The minimum atomic E-state index is -0.0540. The summed E-state index contributed by atoms with van der Waals surface area (Å²) in [6.07, 6.45) is 9.39. The maximum atomic E-state index is 11.5. The Morgan fingerprint density at radius 3 is 2.50 bits per heavy atom. The summed E-state index contributed by atoms with van der Waals surface area (Å²) in [7, 11) is 0. The van der Waals surface area contributed by atoms with Gasteiger partial charge in [-0.3, -0.25) is 4.79 Å². The molecule has 1 aromatic heterocycles. The molecular formula is C15H14N2O. The van der Waals surface area contributed by atoms with Gasteiger partial charge in [-0.05, 0) is 29.8 Å². The van der Waals surface area contributed by atoms with Crippen LogP contribution in [0.3, 0.4) is 0 Å². The second kappa shape index (κ2) is 5.74. The van der Waals surface area contributed by atoms with Crippen molar-refractivity contribution in [3.8, 4) is 18.0 Å². The minimum Gasteiger partial charge on any atom is -0.345 e. The molecule has 0 bridgehead atoms. The normalized spacial score (nSPS) is 9.72. The van der Waals surface area contributed by atoms with Crippen LogP contribution in [-0.4, -0.2) is 17.0 Å². The van der Waals surface area contributed by atoms with Gasteiger partial charge < -0.3 is 9.88 Å². The average Bonchev–Trinajstić information content (AvgIpc) is 2.91. The summed E-state index contributed by atoms with van der Waals surface area (Å²) in [5, 5.41) is 2.64. The first-order valence-electron chi connectivity index (χ1n) is 5.72. The van der Waals surface area contributed by atoms with Gasteiger partial charge in [-0.25, -0.2) is 0 Å². The number of benzene rings is 1. The molecule has 1 heterocycles. The van der Waals surface area contributed by atoms with Gasteiger partial charge in [0.15, 0.2) is 0 Å². The highest BCUT2D eigenvalue weighted by molar-refractivity contribution is 5.78. The van der Waals surface area contributed by atoms with Gasteiger partial charge >= 0.3 is 0 Å². The van der Waals surface area contributed by atoms with E-state index >= 15 is 0 Å². The third-order valence-electron chi connectivity index (χ3n) is 2.59. The van der Waals surface area contributed by atoms with Crippen LogP contribution < -0.4 is 5.32 Å². The number of amides is 1. The lowest BCUT2D eigenvalue weighted by molar-refractivity contribution is -0.120. The van der Waals surface area contributed by atoms with E-state index in [1.807, 2.05) is 53.4 Å². The molecule has 1 amide bonds. The molecule has 1 aromatic carbocycles. The number of rotatable bonds is 4. The van der Waals surface area contributed by atoms with Crippen molar-refractivity contribution in [2.24, 2.45) is 0 Å². The number of hydrogen-bond donors (Lipinski definition) is 1. The minimum absolute atomic E-state index is 0.0540. The molecular weight excluding hydrogens is 224 g/mol. The highest BCUT2D eigenvalue weighted by Gasteiger charge is 2.02. The second-order valence-corrected chi connectivity index (χ2v) is 3.91. The molecule has 0 radical (unpaired) electrons. The summed E-state index contributed by atoms with van der Waals surface area (Å²) >= 11 is 0. The Morgan fingerprint density at radius 2 is 1.89 bits per heavy atom. The zero-order valence-electron chi connectivity index (χ0n) is 9.97. The molecule has 3 heteroatoms. The average molecular weight is 238 g/mol. The predicted octanol–water partition coefficient (Wildman–Crippen LogP) is 1.77. The van der Waals surface area contributed by atoms with Crippen molar-refractivity contribution in [2.75, 3.05) is 6.54 Å². The lowest BCUT2D eigenvalue weighted by Gasteiger charge is -2.05. The molecule has 0 fully saturated rings. The molecule has 18 heavy (non-hydrogen) atoms. The Balaban J connectivity index is 2.00. The van der Waals surface area contributed by atoms with E-state index < -0.39 is 0 Å². The van der Waals surface area contributed by atoms with E-state index in [-0.39, 0.29) is 12.5 Å². The Labute approximate surface area is 106 Å². The SMILES string of the molecule is C#CCNC(=O)Cc1ccc(-n2cccc2)cc1. The standard InChI is InChI=1S/C15H14N2O/c1-2-9-16-15(18)12-13-5-7-14(8-6-13)17-10-3-4-11-17/h1,3-8,10-11H,9,12H2,(H,16,18). The van der Waals surface area contributed by atoms with E-state index in [0.29, 0.717) is 6.42 Å². The van der Waals surface area contributed by atoms with Crippen LogP contribution >= 0.6 is 0 Å². The van der Waals surface area contributed by atoms with Crippen molar-refractivity contribution in [1.82, 2.24) is 9.88 Å². The first kappa shape index (κ1) is 12.0. The van der Waals surface area contributed by atoms with E-state index in [2.05, 4.69) is 11.2 Å². The monoisotopic (exact) mass is 238 g/mol. The van der Waals surface area contributed by atoms with Crippen LogP contribution in [0.4, 0.5) is 0 Å². The number of hydrogen-bond acceptors (Lipinski definition) is 1. The van der Waals surface area contributed by atoms with Crippen molar-refractivity contribution < 1.29 is 4.79 Å². The number of terminal acetylenes is 1. The zero-order chi connectivity index (χ0) is 12.8. The number of nitrogens with zero attached hydrogens (tertiary/aromatic N) is 1. The van der Waals surface area contributed by atoms with Gasteiger partial charge in [0.05, 0.1) is 13.0 Å². The molecule has 0 unspecified atom stereocenters. The molecule has 0 saturated carbocycles. The third-order valence-corrected chi connectivity index (χ3v) is 2.59. The van der Waals surface area contributed by atoms with E-state index in [9.17, 15) is 4.79 Å². The molecule has 2 rings (SSSR count). The fraction of sp³-hybridized carbons (Fsp3) is 0.133. The smallest absolute Gasteiger partial charge is 0.225 e. The summed E-state index contributed by atoms with van der Waals surface area (Å²) in [6, 6.07) is 11.8. The molecule has 0 spiro atoms. The maximum Gasteiger partial charge on any atom is 0.225 e. The van der Waals surface area contributed by atoms with Crippen LogP contribution in [0.5, 0.6) is 0 Å². The van der Waals surface area contributed by atoms with Gasteiger partial charge in [-0.2, -0.15) is 0 Å². The summed E-state index contributed by atoms with van der Waals surface area (Å²) in [5.41, 5.74) is 2.05.